The zero-order valence-electron chi connectivity index (χ0n) is 14.0. The van der Waals surface area contributed by atoms with E-state index in [4.69, 9.17) is 11.6 Å². The lowest BCUT2D eigenvalue weighted by molar-refractivity contribution is -0.114. The van der Waals surface area contributed by atoms with E-state index in [1.165, 1.54) is 13.0 Å². The summed E-state index contributed by atoms with van der Waals surface area (Å²) in [7, 11) is 0. The number of hydrogen-bond donors (Lipinski definition) is 2. The number of nitrogens with one attached hydrogen (secondary N) is 2. The van der Waals surface area contributed by atoms with Gasteiger partial charge in [-0.2, -0.15) is 0 Å². The summed E-state index contributed by atoms with van der Waals surface area (Å²) in [5.41, 5.74) is 2.66. The highest BCUT2D eigenvalue weighted by Crippen LogP contribution is 2.25. The number of aromatic nitrogens is 1. The summed E-state index contributed by atoms with van der Waals surface area (Å²) in [5, 5.41) is 6.77. The van der Waals surface area contributed by atoms with Crippen molar-refractivity contribution in [3.63, 3.8) is 0 Å². The second-order valence-electron chi connectivity index (χ2n) is 5.62. The zero-order valence-corrected chi connectivity index (χ0v) is 14.7. The first-order chi connectivity index (χ1) is 12.5. The molecule has 0 unspecified atom stereocenters. The van der Waals surface area contributed by atoms with E-state index >= 15 is 0 Å². The Bertz CT molecular complexity index is 1010. The molecule has 2 aromatic carbocycles. The monoisotopic (exact) mass is 365 g/mol. The fourth-order valence-electron chi connectivity index (χ4n) is 2.50. The molecule has 2 amide bonds. The van der Waals surface area contributed by atoms with Gasteiger partial charge in [-0.05, 0) is 30.3 Å². The van der Waals surface area contributed by atoms with Crippen molar-refractivity contribution in [2.24, 2.45) is 0 Å². The van der Waals surface area contributed by atoms with E-state index in [2.05, 4.69) is 15.6 Å². The molecule has 0 saturated carbocycles. The Kier molecular flexibility index (Phi) is 5.29. The fraction of sp³-hybridized carbons (Fsp3) is 0.0500. The van der Waals surface area contributed by atoms with Gasteiger partial charge >= 0.3 is 0 Å². The number of pyridine rings is 1. The van der Waals surface area contributed by atoms with Crippen molar-refractivity contribution in [1.29, 1.82) is 0 Å². The Morgan fingerprint density at radius 1 is 1.08 bits per heavy atom. The van der Waals surface area contributed by atoms with E-state index in [1.807, 2.05) is 30.3 Å². The maximum atomic E-state index is 12.2. The Hall–Kier alpha value is -3.18. The van der Waals surface area contributed by atoms with Crippen LogP contribution in [-0.2, 0) is 9.59 Å². The second kappa shape index (κ2) is 7.80. The van der Waals surface area contributed by atoms with Crippen molar-refractivity contribution in [1.82, 2.24) is 4.98 Å². The lowest BCUT2D eigenvalue weighted by Gasteiger charge is -2.08. The lowest BCUT2D eigenvalue weighted by Crippen LogP contribution is -2.10. The zero-order chi connectivity index (χ0) is 18.5. The number of carbonyl (C=O) groups is 2. The molecule has 1 aromatic heterocycles. The molecule has 1 heterocycles. The van der Waals surface area contributed by atoms with Gasteiger partial charge in [-0.1, -0.05) is 35.9 Å². The van der Waals surface area contributed by atoms with Crippen LogP contribution in [0.25, 0.3) is 17.0 Å². The minimum atomic E-state index is -0.297. The Morgan fingerprint density at radius 2 is 1.88 bits per heavy atom. The topological polar surface area (TPSA) is 71.1 Å². The maximum Gasteiger partial charge on any atom is 0.248 e. The highest BCUT2D eigenvalue weighted by Gasteiger charge is 2.06. The predicted octanol–water partition coefficient (Wildman–Crippen LogP) is 4.50. The highest BCUT2D eigenvalue weighted by atomic mass is 35.5. The first kappa shape index (κ1) is 17.6. The summed E-state index contributed by atoms with van der Waals surface area (Å²) in [6, 6.07) is 14.5. The number of para-hydroxylation sites is 1. The molecule has 0 fully saturated rings. The molecule has 0 radical (unpaired) electrons. The minimum absolute atomic E-state index is 0.237. The predicted molar refractivity (Wildman–Crippen MR) is 105 cm³/mol. The number of carbonyl (C=O) groups excluding carboxylic acids is 2. The third-order valence-corrected chi connectivity index (χ3v) is 3.95. The van der Waals surface area contributed by atoms with Crippen molar-refractivity contribution in [3.8, 4) is 0 Å². The molecule has 0 aliphatic heterocycles. The van der Waals surface area contributed by atoms with E-state index < -0.39 is 0 Å². The second-order valence-corrected chi connectivity index (χ2v) is 6.03. The van der Waals surface area contributed by atoms with Crippen LogP contribution in [-0.4, -0.2) is 16.8 Å². The van der Waals surface area contributed by atoms with E-state index in [0.29, 0.717) is 16.4 Å². The van der Waals surface area contributed by atoms with Crippen LogP contribution in [0, 0.1) is 0 Å². The molecule has 3 rings (SSSR count). The van der Waals surface area contributed by atoms with Crippen LogP contribution in [0.1, 0.15) is 12.5 Å². The Balaban J connectivity index is 1.76. The number of nitrogens with zero attached hydrogens (tertiary/aromatic N) is 1. The van der Waals surface area contributed by atoms with Gasteiger partial charge in [0.2, 0.25) is 11.8 Å². The van der Waals surface area contributed by atoms with Crippen LogP contribution in [0.4, 0.5) is 11.4 Å². The Morgan fingerprint density at radius 3 is 2.69 bits per heavy atom. The van der Waals surface area contributed by atoms with Gasteiger partial charge in [0.25, 0.3) is 0 Å². The SMILES string of the molecule is CC(=O)Nc1cc(NC(=O)C=Cc2cccc3cccnc23)ccc1Cl. The fourth-order valence-corrected chi connectivity index (χ4v) is 2.66. The van der Waals surface area contributed by atoms with E-state index in [1.54, 1.807) is 30.5 Å². The quantitative estimate of drug-likeness (QED) is 0.669. The Labute approximate surface area is 155 Å². The van der Waals surface area contributed by atoms with Gasteiger partial charge in [-0.25, -0.2) is 0 Å². The van der Waals surface area contributed by atoms with Crippen LogP contribution in [0.3, 0.4) is 0 Å². The summed E-state index contributed by atoms with van der Waals surface area (Å²) >= 11 is 6.03. The smallest absolute Gasteiger partial charge is 0.248 e. The van der Waals surface area contributed by atoms with Crippen LogP contribution in [0.15, 0.2) is 60.8 Å². The number of rotatable bonds is 4. The number of amides is 2. The maximum absolute atomic E-state index is 12.2. The molecule has 6 heteroatoms. The summed E-state index contributed by atoms with van der Waals surface area (Å²) in [4.78, 5) is 27.7. The normalized spacial score (nSPS) is 10.8. The molecule has 0 spiro atoms. The van der Waals surface area contributed by atoms with Crippen LogP contribution in [0.2, 0.25) is 5.02 Å². The summed E-state index contributed by atoms with van der Waals surface area (Å²) < 4.78 is 0. The third kappa shape index (κ3) is 4.26. The van der Waals surface area contributed by atoms with Gasteiger partial charge in [-0.3, -0.25) is 14.6 Å². The van der Waals surface area contributed by atoms with Crippen molar-refractivity contribution in [3.05, 3.63) is 71.4 Å². The molecule has 26 heavy (non-hydrogen) atoms. The van der Waals surface area contributed by atoms with Gasteiger partial charge in [0.15, 0.2) is 0 Å². The molecule has 3 aromatic rings. The molecule has 0 bridgehead atoms. The highest BCUT2D eigenvalue weighted by molar-refractivity contribution is 6.33. The number of anilines is 2. The van der Waals surface area contributed by atoms with Gasteiger partial charge in [0, 0.05) is 35.8 Å². The van der Waals surface area contributed by atoms with Crippen molar-refractivity contribution < 1.29 is 9.59 Å². The van der Waals surface area contributed by atoms with Gasteiger partial charge < -0.3 is 10.6 Å². The standard InChI is InChI=1S/C20H16ClN3O2/c1-13(25)23-18-12-16(8-9-17(18)21)24-19(26)10-7-15-5-2-4-14-6-3-11-22-20(14)15/h2-12H,1H3,(H,23,25)(H,24,26). The van der Waals surface area contributed by atoms with Crippen LogP contribution in [0.5, 0.6) is 0 Å². The molecule has 130 valence electrons. The molecule has 0 atom stereocenters. The van der Waals surface area contributed by atoms with E-state index in [-0.39, 0.29) is 11.8 Å². The summed E-state index contributed by atoms with van der Waals surface area (Å²) in [5.74, 6) is -0.534. The van der Waals surface area contributed by atoms with E-state index in [9.17, 15) is 9.59 Å². The molecule has 5 nitrogen and oxygen atoms in total. The molecule has 0 aliphatic carbocycles. The molecule has 0 aliphatic rings. The van der Waals surface area contributed by atoms with Crippen molar-refractivity contribution in [2.45, 2.75) is 6.92 Å². The van der Waals surface area contributed by atoms with Crippen molar-refractivity contribution >= 4 is 51.8 Å². The number of fused-ring (bicyclic) bond motifs is 1. The summed E-state index contributed by atoms with van der Waals surface area (Å²) in [6.07, 6.45) is 4.88. The lowest BCUT2D eigenvalue weighted by atomic mass is 10.1. The first-order valence-electron chi connectivity index (χ1n) is 7.93. The average Bonchev–Trinajstić information content (AvgIpc) is 2.62. The van der Waals surface area contributed by atoms with Gasteiger partial charge in [-0.15, -0.1) is 0 Å². The molecular formula is C20H16ClN3O2. The van der Waals surface area contributed by atoms with Crippen LogP contribution < -0.4 is 10.6 Å². The van der Waals surface area contributed by atoms with E-state index in [0.717, 1.165) is 16.5 Å². The molecule has 0 saturated heterocycles. The first-order valence-corrected chi connectivity index (χ1v) is 8.31. The van der Waals surface area contributed by atoms with Crippen LogP contribution >= 0.6 is 11.6 Å². The largest absolute Gasteiger partial charge is 0.325 e. The van der Waals surface area contributed by atoms with Gasteiger partial charge in [0.05, 0.1) is 16.2 Å². The van der Waals surface area contributed by atoms with Gasteiger partial charge in [0.1, 0.15) is 0 Å². The molecular weight excluding hydrogens is 350 g/mol. The minimum Gasteiger partial charge on any atom is -0.325 e. The number of hydrogen-bond acceptors (Lipinski definition) is 3. The number of benzene rings is 2. The average molecular weight is 366 g/mol. The summed E-state index contributed by atoms with van der Waals surface area (Å²) in [6.45, 7) is 1.39. The number of halogens is 1. The molecule has 2 N–H and O–H groups in total. The third-order valence-electron chi connectivity index (χ3n) is 3.62. The van der Waals surface area contributed by atoms with Crippen molar-refractivity contribution in [2.75, 3.05) is 10.6 Å².